The van der Waals surface area contributed by atoms with Crippen molar-refractivity contribution in [3.63, 3.8) is 0 Å². The average Bonchev–Trinajstić information content (AvgIpc) is 3.08. The van der Waals surface area contributed by atoms with Crippen molar-refractivity contribution >= 4 is 34.7 Å². The Kier molecular flexibility index (Phi) is 5.38. The van der Waals surface area contributed by atoms with Crippen molar-refractivity contribution in [2.24, 2.45) is 0 Å². The highest BCUT2D eigenvalue weighted by Crippen LogP contribution is 2.28. The van der Waals surface area contributed by atoms with Gasteiger partial charge in [-0.1, -0.05) is 0 Å². The number of carbonyl (C=O) groups excluding carboxylic acids is 2. The van der Waals surface area contributed by atoms with Crippen molar-refractivity contribution in [2.75, 3.05) is 49.7 Å². The van der Waals surface area contributed by atoms with Gasteiger partial charge in [-0.15, -0.1) is 5.10 Å². The van der Waals surface area contributed by atoms with Crippen LogP contribution in [0.1, 0.15) is 10.4 Å². The molecule has 3 aromatic heterocycles. The van der Waals surface area contributed by atoms with Gasteiger partial charge in [0.2, 0.25) is 0 Å². The third kappa shape index (κ3) is 3.97. The number of carbonyl (C=O) groups is 2. The summed E-state index contributed by atoms with van der Waals surface area (Å²) in [4.78, 5) is 36.7. The highest BCUT2D eigenvalue weighted by atomic mass is 19.1. The highest BCUT2D eigenvalue weighted by Gasteiger charge is 2.29. The molecule has 1 saturated heterocycles. The van der Waals surface area contributed by atoms with Gasteiger partial charge in [0.15, 0.2) is 23.4 Å². The molecule has 0 aliphatic carbocycles. The standard InChI is InChI=1S/C19H21FN8O3/c1-26(2)19(30)14-10-27(5-6-31-14)13-3-4-22-8-12(13)24-18(29)15-16(21)25-28-9-11(20)7-23-17(15)28/h3-4,7-9,14H,5-6,10H2,1-2H3,(H2,21,25)(H,24,29). The maximum Gasteiger partial charge on any atom is 0.263 e. The molecule has 3 aromatic rings. The molecule has 31 heavy (non-hydrogen) atoms. The number of ether oxygens (including phenoxy) is 1. The zero-order chi connectivity index (χ0) is 22.1. The molecular formula is C19H21FN8O3. The van der Waals surface area contributed by atoms with Crippen LogP contribution in [-0.4, -0.2) is 76.2 Å². The number of nitrogens with one attached hydrogen (secondary N) is 1. The number of hydrogen-bond acceptors (Lipinski definition) is 8. The number of fused-ring (bicyclic) bond motifs is 1. The van der Waals surface area contributed by atoms with E-state index in [1.807, 2.05) is 4.90 Å². The Hall–Kier alpha value is -3.80. The summed E-state index contributed by atoms with van der Waals surface area (Å²) in [6.45, 7) is 1.21. The monoisotopic (exact) mass is 428 g/mol. The fraction of sp³-hybridized carbons (Fsp3) is 0.316. The molecule has 162 valence electrons. The summed E-state index contributed by atoms with van der Waals surface area (Å²) in [7, 11) is 3.34. The average molecular weight is 428 g/mol. The van der Waals surface area contributed by atoms with Gasteiger partial charge in [-0.05, 0) is 6.07 Å². The molecule has 1 fully saturated rings. The fourth-order valence-electron chi connectivity index (χ4n) is 3.40. The van der Waals surface area contributed by atoms with E-state index in [0.29, 0.717) is 31.1 Å². The van der Waals surface area contributed by atoms with Crippen molar-refractivity contribution in [1.82, 2.24) is 24.5 Å². The number of anilines is 3. The number of nitrogen functional groups attached to an aromatic ring is 1. The number of nitrogens with zero attached hydrogens (tertiary/aromatic N) is 6. The maximum absolute atomic E-state index is 13.4. The van der Waals surface area contributed by atoms with Crippen LogP contribution in [0.15, 0.2) is 30.9 Å². The predicted octanol–water partition coefficient (Wildman–Crippen LogP) is 0.391. The third-order valence-electron chi connectivity index (χ3n) is 4.86. The van der Waals surface area contributed by atoms with Gasteiger partial charge >= 0.3 is 0 Å². The molecule has 0 radical (unpaired) electrons. The first-order valence-electron chi connectivity index (χ1n) is 9.47. The Morgan fingerprint density at radius 3 is 2.94 bits per heavy atom. The van der Waals surface area contributed by atoms with E-state index in [4.69, 9.17) is 10.5 Å². The first-order valence-corrected chi connectivity index (χ1v) is 9.47. The number of morpholine rings is 1. The van der Waals surface area contributed by atoms with Crippen molar-refractivity contribution in [2.45, 2.75) is 6.10 Å². The minimum absolute atomic E-state index is 0.0254. The number of halogens is 1. The van der Waals surface area contributed by atoms with Gasteiger partial charge < -0.3 is 25.6 Å². The quantitative estimate of drug-likeness (QED) is 0.610. The highest BCUT2D eigenvalue weighted by molar-refractivity contribution is 6.12. The van der Waals surface area contributed by atoms with Crippen LogP contribution in [0.25, 0.3) is 5.65 Å². The maximum atomic E-state index is 13.4. The first kappa shape index (κ1) is 20.5. The summed E-state index contributed by atoms with van der Waals surface area (Å²) in [6.07, 6.45) is 4.55. The summed E-state index contributed by atoms with van der Waals surface area (Å²) in [5.74, 6) is -1.38. The van der Waals surface area contributed by atoms with Crippen LogP contribution in [0.5, 0.6) is 0 Å². The normalized spacial score (nSPS) is 16.4. The van der Waals surface area contributed by atoms with E-state index in [1.165, 1.54) is 11.1 Å². The minimum atomic E-state index is -0.616. The van der Waals surface area contributed by atoms with E-state index in [9.17, 15) is 14.0 Å². The lowest BCUT2D eigenvalue weighted by molar-refractivity contribution is -0.141. The van der Waals surface area contributed by atoms with E-state index < -0.39 is 17.8 Å². The fourth-order valence-corrected chi connectivity index (χ4v) is 3.40. The third-order valence-corrected chi connectivity index (χ3v) is 4.86. The molecule has 0 bridgehead atoms. The second-order valence-electron chi connectivity index (χ2n) is 7.19. The summed E-state index contributed by atoms with van der Waals surface area (Å²) in [6, 6.07) is 1.74. The zero-order valence-electron chi connectivity index (χ0n) is 16.9. The van der Waals surface area contributed by atoms with Gasteiger partial charge in [0.25, 0.3) is 11.8 Å². The summed E-state index contributed by atoms with van der Waals surface area (Å²) >= 11 is 0. The Morgan fingerprint density at radius 2 is 2.16 bits per heavy atom. The molecule has 0 saturated carbocycles. The van der Waals surface area contributed by atoms with Gasteiger partial charge in [0, 0.05) is 26.8 Å². The van der Waals surface area contributed by atoms with Crippen LogP contribution in [0.2, 0.25) is 0 Å². The molecular weight excluding hydrogens is 407 g/mol. The Balaban J connectivity index is 1.60. The molecule has 4 rings (SSSR count). The molecule has 11 nitrogen and oxygen atoms in total. The molecule has 12 heteroatoms. The SMILES string of the molecule is CN(C)C(=O)C1CN(c2ccncc2NC(=O)c2c(N)nn3cc(F)cnc23)CCO1. The van der Waals surface area contributed by atoms with Crippen molar-refractivity contribution in [1.29, 1.82) is 0 Å². The van der Waals surface area contributed by atoms with E-state index in [2.05, 4.69) is 20.4 Å². The smallest absolute Gasteiger partial charge is 0.263 e. The Bertz CT molecular complexity index is 1150. The number of nitrogens with two attached hydrogens (primary N) is 1. The van der Waals surface area contributed by atoms with Gasteiger partial charge in [-0.3, -0.25) is 14.6 Å². The number of amides is 2. The lowest BCUT2D eigenvalue weighted by Crippen LogP contribution is -2.49. The van der Waals surface area contributed by atoms with Gasteiger partial charge in [-0.2, -0.15) is 0 Å². The molecule has 0 spiro atoms. The topological polar surface area (TPSA) is 131 Å². The van der Waals surface area contributed by atoms with Crippen LogP contribution < -0.4 is 16.0 Å². The minimum Gasteiger partial charge on any atom is -0.381 e. The first-order chi connectivity index (χ1) is 14.8. The van der Waals surface area contributed by atoms with E-state index in [1.54, 1.807) is 26.4 Å². The van der Waals surface area contributed by atoms with Crippen molar-refractivity contribution in [3.8, 4) is 0 Å². The number of aromatic nitrogens is 4. The van der Waals surface area contributed by atoms with Crippen LogP contribution >= 0.6 is 0 Å². The summed E-state index contributed by atoms with van der Waals surface area (Å²) < 4.78 is 20.1. The van der Waals surface area contributed by atoms with Crippen LogP contribution in [-0.2, 0) is 9.53 Å². The summed E-state index contributed by atoms with van der Waals surface area (Å²) in [5, 5.41) is 6.72. The molecule has 4 heterocycles. The Labute approximate surface area is 176 Å². The number of likely N-dealkylation sites (N-methyl/N-ethyl adjacent to an activating group) is 1. The van der Waals surface area contributed by atoms with Crippen molar-refractivity contribution in [3.05, 3.63) is 42.2 Å². The number of hydrogen-bond donors (Lipinski definition) is 2. The molecule has 2 amide bonds. The van der Waals surface area contributed by atoms with E-state index >= 15 is 0 Å². The molecule has 1 aliphatic heterocycles. The van der Waals surface area contributed by atoms with E-state index in [0.717, 1.165) is 16.9 Å². The predicted molar refractivity (Wildman–Crippen MR) is 110 cm³/mol. The van der Waals surface area contributed by atoms with Gasteiger partial charge in [0.1, 0.15) is 5.56 Å². The second-order valence-corrected chi connectivity index (χ2v) is 7.19. The lowest BCUT2D eigenvalue weighted by Gasteiger charge is -2.35. The molecule has 1 atom stereocenters. The molecule has 3 N–H and O–H groups in total. The second kappa shape index (κ2) is 8.14. The van der Waals surface area contributed by atoms with Crippen LogP contribution in [0.4, 0.5) is 21.6 Å². The number of pyridine rings is 1. The largest absolute Gasteiger partial charge is 0.381 e. The van der Waals surface area contributed by atoms with Crippen LogP contribution in [0, 0.1) is 5.82 Å². The van der Waals surface area contributed by atoms with Crippen molar-refractivity contribution < 1.29 is 18.7 Å². The van der Waals surface area contributed by atoms with Crippen LogP contribution in [0.3, 0.4) is 0 Å². The molecule has 1 aliphatic rings. The lowest BCUT2D eigenvalue weighted by atomic mass is 10.2. The summed E-state index contributed by atoms with van der Waals surface area (Å²) in [5.41, 5.74) is 7.13. The van der Waals surface area contributed by atoms with Gasteiger partial charge in [0.05, 0.1) is 43.1 Å². The Morgan fingerprint density at radius 1 is 1.35 bits per heavy atom. The van der Waals surface area contributed by atoms with Gasteiger partial charge in [-0.25, -0.2) is 13.9 Å². The molecule has 0 aromatic carbocycles. The number of rotatable bonds is 4. The zero-order valence-corrected chi connectivity index (χ0v) is 16.9. The molecule has 1 unspecified atom stereocenters. The van der Waals surface area contributed by atoms with E-state index in [-0.39, 0.29) is 22.9 Å².